The summed E-state index contributed by atoms with van der Waals surface area (Å²) in [5, 5.41) is 0. The standard InChI is InChI=1S/C7H8N4O/c1-2-3-12-6-4-5(8)10-7(9)11-6/h1,4H,3H2,(H4,8,9,10,11). The van der Waals surface area contributed by atoms with Crippen molar-refractivity contribution in [2.75, 3.05) is 18.1 Å². The van der Waals surface area contributed by atoms with E-state index in [2.05, 4.69) is 15.9 Å². The van der Waals surface area contributed by atoms with Gasteiger partial charge in [-0.1, -0.05) is 5.92 Å². The van der Waals surface area contributed by atoms with Crippen molar-refractivity contribution in [3.8, 4) is 18.2 Å². The minimum Gasteiger partial charge on any atom is -0.464 e. The first-order valence-corrected chi connectivity index (χ1v) is 3.18. The lowest BCUT2D eigenvalue weighted by Gasteiger charge is -2.01. The Morgan fingerprint density at radius 2 is 2.25 bits per heavy atom. The SMILES string of the molecule is C#CCOc1cc(N)nc(N)n1. The largest absolute Gasteiger partial charge is 0.464 e. The van der Waals surface area contributed by atoms with Crippen LogP contribution in [0.25, 0.3) is 0 Å². The van der Waals surface area contributed by atoms with Crippen LogP contribution < -0.4 is 16.2 Å². The van der Waals surface area contributed by atoms with Crippen LogP contribution in [-0.2, 0) is 0 Å². The Morgan fingerprint density at radius 1 is 1.50 bits per heavy atom. The summed E-state index contributed by atoms with van der Waals surface area (Å²) in [7, 11) is 0. The van der Waals surface area contributed by atoms with Gasteiger partial charge in [0.25, 0.3) is 0 Å². The van der Waals surface area contributed by atoms with Crippen LogP contribution in [0.4, 0.5) is 11.8 Å². The van der Waals surface area contributed by atoms with E-state index in [0.29, 0.717) is 0 Å². The molecule has 0 aliphatic carbocycles. The summed E-state index contributed by atoms with van der Waals surface area (Å²) in [6.07, 6.45) is 4.97. The van der Waals surface area contributed by atoms with Gasteiger partial charge in [0.15, 0.2) is 6.61 Å². The molecule has 0 bridgehead atoms. The number of anilines is 2. The number of terminal acetylenes is 1. The fraction of sp³-hybridized carbons (Fsp3) is 0.143. The molecule has 0 atom stereocenters. The van der Waals surface area contributed by atoms with E-state index in [1.807, 2.05) is 0 Å². The third-order valence-electron chi connectivity index (χ3n) is 1.04. The van der Waals surface area contributed by atoms with Gasteiger partial charge in [-0.15, -0.1) is 6.42 Å². The van der Waals surface area contributed by atoms with Gasteiger partial charge in [0.1, 0.15) is 5.82 Å². The second-order valence-electron chi connectivity index (χ2n) is 1.98. The maximum absolute atomic E-state index is 5.37. The highest BCUT2D eigenvalue weighted by Gasteiger charge is 1.98. The number of aromatic nitrogens is 2. The first kappa shape index (κ1) is 8.14. The third kappa shape index (κ3) is 2.02. The minimum atomic E-state index is 0.0713. The Balaban J connectivity index is 2.80. The molecule has 0 aliphatic heterocycles. The molecule has 62 valence electrons. The van der Waals surface area contributed by atoms with Crippen molar-refractivity contribution in [3.63, 3.8) is 0 Å². The highest BCUT2D eigenvalue weighted by atomic mass is 16.5. The maximum Gasteiger partial charge on any atom is 0.225 e. The lowest BCUT2D eigenvalue weighted by molar-refractivity contribution is 0.356. The van der Waals surface area contributed by atoms with Gasteiger partial charge in [-0.25, -0.2) is 0 Å². The fourth-order valence-electron chi connectivity index (χ4n) is 0.651. The molecule has 5 heteroatoms. The number of hydrogen-bond acceptors (Lipinski definition) is 5. The molecule has 0 aromatic carbocycles. The fourth-order valence-corrected chi connectivity index (χ4v) is 0.651. The molecule has 0 saturated heterocycles. The summed E-state index contributed by atoms with van der Waals surface area (Å²) in [5.41, 5.74) is 10.7. The van der Waals surface area contributed by atoms with E-state index < -0.39 is 0 Å². The van der Waals surface area contributed by atoms with Crippen LogP contribution >= 0.6 is 0 Å². The van der Waals surface area contributed by atoms with Crippen molar-refractivity contribution in [1.29, 1.82) is 0 Å². The molecule has 0 saturated carbocycles. The van der Waals surface area contributed by atoms with Crippen molar-refractivity contribution in [3.05, 3.63) is 6.07 Å². The van der Waals surface area contributed by atoms with Gasteiger partial charge in [-0.2, -0.15) is 9.97 Å². The Morgan fingerprint density at radius 3 is 2.83 bits per heavy atom. The quantitative estimate of drug-likeness (QED) is 0.583. The molecule has 1 heterocycles. The first-order chi connectivity index (χ1) is 5.72. The van der Waals surface area contributed by atoms with Crippen LogP contribution in [-0.4, -0.2) is 16.6 Å². The maximum atomic E-state index is 5.37. The molecular formula is C7H8N4O. The zero-order valence-electron chi connectivity index (χ0n) is 6.32. The second-order valence-corrected chi connectivity index (χ2v) is 1.98. The summed E-state index contributed by atoms with van der Waals surface area (Å²) < 4.78 is 4.97. The molecule has 1 rings (SSSR count). The van der Waals surface area contributed by atoms with Crippen LogP contribution in [0.5, 0.6) is 5.88 Å². The second kappa shape index (κ2) is 3.44. The van der Waals surface area contributed by atoms with Crippen LogP contribution in [0.2, 0.25) is 0 Å². The predicted octanol–water partition coefficient (Wildman–Crippen LogP) is -0.347. The van der Waals surface area contributed by atoms with Gasteiger partial charge < -0.3 is 16.2 Å². The number of nitrogens with zero attached hydrogens (tertiary/aromatic N) is 2. The molecule has 1 aromatic rings. The van der Waals surface area contributed by atoms with E-state index in [0.717, 1.165) is 0 Å². The number of ether oxygens (including phenoxy) is 1. The molecular weight excluding hydrogens is 156 g/mol. The normalized spacial score (nSPS) is 8.92. The first-order valence-electron chi connectivity index (χ1n) is 3.18. The summed E-state index contributed by atoms with van der Waals surface area (Å²) in [6.45, 7) is 0.135. The van der Waals surface area contributed by atoms with Gasteiger partial charge in [-0.3, -0.25) is 0 Å². The van der Waals surface area contributed by atoms with Gasteiger partial charge in [0.2, 0.25) is 11.8 Å². The molecule has 0 fully saturated rings. The number of nitrogen functional groups attached to an aromatic ring is 2. The van der Waals surface area contributed by atoms with Gasteiger partial charge in [0.05, 0.1) is 0 Å². The molecule has 12 heavy (non-hydrogen) atoms. The summed E-state index contributed by atoms with van der Waals surface area (Å²) in [5.74, 6) is 2.91. The van der Waals surface area contributed by atoms with E-state index in [1.54, 1.807) is 0 Å². The van der Waals surface area contributed by atoms with Crippen LogP contribution in [0.15, 0.2) is 6.07 Å². The molecule has 0 amide bonds. The summed E-state index contributed by atoms with van der Waals surface area (Å²) in [6, 6.07) is 1.45. The zero-order chi connectivity index (χ0) is 8.97. The van der Waals surface area contributed by atoms with Crippen molar-refractivity contribution < 1.29 is 4.74 Å². The van der Waals surface area contributed by atoms with Crippen molar-refractivity contribution >= 4 is 11.8 Å². The Labute approximate surface area is 69.8 Å². The molecule has 4 N–H and O–H groups in total. The molecule has 0 spiro atoms. The molecule has 0 radical (unpaired) electrons. The van der Waals surface area contributed by atoms with E-state index >= 15 is 0 Å². The van der Waals surface area contributed by atoms with Crippen LogP contribution in [0.1, 0.15) is 0 Å². The van der Waals surface area contributed by atoms with E-state index in [9.17, 15) is 0 Å². The summed E-state index contributed by atoms with van der Waals surface area (Å²) >= 11 is 0. The molecule has 0 unspecified atom stereocenters. The average Bonchev–Trinajstić information content (AvgIpc) is 1.99. The Hall–Kier alpha value is -1.96. The summed E-state index contributed by atoms with van der Waals surface area (Å²) in [4.78, 5) is 7.40. The van der Waals surface area contributed by atoms with E-state index in [1.165, 1.54) is 6.07 Å². The smallest absolute Gasteiger partial charge is 0.225 e. The van der Waals surface area contributed by atoms with Gasteiger partial charge in [0, 0.05) is 6.07 Å². The van der Waals surface area contributed by atoms with Crippen molar-refractivity contribution in [2.45, 2.75) is 0 Å². The van der Waals surface area contributed by atoms with Gasteiger partial charge >= 0.3 is 0 Å². The van der Waals surface area contributed by atoms with Crippen LogP contribution in [0.3, 0.4) is 0 Å². The van der Waals surface area contributed by atoms with Crippen molar-refractivity contribution in [2.24, 2.45) is 0 Å². The Kier molecular flexibility index (Phi) is 2.33. The molecule has 0 aliphatic rings. The number of nitrogens with two attached hydrogens (primary N) is 2. The molecule has 1 aromatic heterocycles. The van der Waals surface area contributed by atoms with E-state index in [-0.39, 0.29) is 24.3 Å². The minimum absolute atomic E-state index is 0.0713. The highest BCUT2D eigenvalue weighted by molar-refractivity contribution is 5.38. The van der Waals surface area contributed by atoms with Crippen LogP contribution in [0, 0.1) is 12.3 Å². The highest BCUT2D eigenvalue weighted by Crippen LogP contribution is 2.10. The average molecular weight is 164 g/mol. The molecule has 5 nitrogen and oxygen atoms in total. The number of hydrogen-bond donors (Lipinski definition) is 2. The predicted molar refractivity (Wildman–Crippen MR) is 45.2 cm³/mol. The lowest BCUT2D eigenvalue weighted by Crippen LogP contribution is -2.03. The topological polar surface area (TPSA) is 87.0 Å². The van der Waals surface area contributed by atoms with Gasteiger partial charge in [-0.05, 0) is 0 Å². The lowest BCUT2D eigenvalue weighted by atomic mass is 10.5. The van der Waals surface area contributed by atoms with E-state index in [4.69, 9.17) is 22.6 Å². The Bertz CT molecular complexity index is 297. The third-order valence-corrected chi connectivity index (χ3v) is 1.04. The van der Waals surface area contributed by atoms with Crippen molar-refractivity contribution in [1.82, 2.24) is 9.97 Å². The number of rotatable bonds is 2. The zero-order valence-corrected chi connectivity index (χ0v) is 6.32. The monoisotopic (exact) mass is 164 g/mol.